The number of methoxy groups -OCH3 is 2. The third-order valence-electron chi connectivity index (χ3n) is 6.20. The van der Waals surface area contributed by atoms with E-state index >= 15 is 0 Å². The molecule has 1 N–H and O–H groups in total. The molecule has 1 saturated heterocycles. The first-order chi connectivity index (χ1) is 16.8. The van der Waals surface area contributed by atoms with E-state index in [-0.39, 0.29) is 16.3 Å². The molecule has 10 heteroatoms. The molecule has 1 fully saturated rings. The number of likely N-dealkylation sites (tertiary alicyclic amines) is 1. The number of carbonyl (C=O) groups is 1. The molecule has 0 radical (unpaired) electrons. The van der Waals surface area contributed by atoms with Crippen molar-refractivity contribution in [2.75, 3.05) is 51.2 Å². The van der Waals surface area contributed by atoms with Gasteiger partial charge in [0.05, 0.1) is 24.8 Å². The molecule has 35 heavy (non-hydrogen) atoms. The van der Waals surface area contributed by atoms with E-state index in [1.165, 1.54) is 63.5 Å². The van der Waals surface area contributed by atoms with Crippen molar-refractivity contribution in [3.63, 3.8) is 0 Å². The number of para-hydroxylation sites is 1. The number of carbonyl (C=O) groups excluding carboxylic acids is 1. The summed E-state index contributed by atoms with van der Waals surface area (Å²) in [6.07, 6.45) is 3.11. The van der Waals surface area contributed by atoms with E-state index in [9.17, 15) is 17.6 Å². The fraction of sp³-hybridized carbons (Fsp3) is 0.480. The zero-order chi connectivity index (χ0) is 25.4. The summed E-state index contributed by atoms with van der Waals surface area (Å²) in [5, 5.41) is 2.78. The van der Waals surface area contributed by atoms with Crippen molar-refractivity contribution < 1.29 is 27.1 Å². The molecule has 0 bridgehead atoms. The fourth-order valence-electron chi connectivity index (χ4n) is 4.06. The van der Waals surface area contributed by atoms with E-state index in [4.69, 9.17) is 9.47 Å². The molecule has 0 aromatic heterocycles. The van der Waals surface area contributed by atoms with Crippen molar-refractivity contribution in [1.29, 1.82) is 0 Å². The molecule has 1 heterocycles. The Bertz CT molecular complexity index is 1100. The number of nitrogens with zero attached hydrogens (tertiary/aromatic N) is 2. The normalized spacial score (nSPS) is 15.0. The Balaban J connectivity index is 1.73. The lowest BCUT2D eigenvalue weighted by molar-refractivity contribution is -0.119. The Morgan fingerprint density at radius 2 is 1.80 bits per heavy atom. The summed E-state index contributed by atoms with van der Waals surface area (Å²) in [6.45, 7) is 5.09. The van der Waals surface area contributed by atoms with Crippen LogP contribution in [0.25, 0.3) is 0 Å². The highest BCUT2D eigenvalue weighted by Crippen LogP contribution is 2.32. The summed E-state index contributed by atoms with van der Waals surface area (Å²) in [4.78, 5) is 15.0. The minimum absolute atomic E-state index is 0.148. The Hall–Kier alpha value is -2.85. The number of hydrogen-bond donors (Lipinski definition) is 1. The van der Waals surface area contributed by atoms with Crippen LogP contribution in [0.4, 0.5) is 10.1 Å². The average Bonchev–Trinajstić information content (AvgIpc) is 2.86. The summed E-state index contributed by atoms with van der Waals surface area (Å²) in [5.74, 6) is 0.0552. The first-order valence-electron chi connectivity index (χ1n) is 11.7. The molecular weight excluding hydrogens is 473 g/mol. The molecule has 0 spiro atoms. The van der Waals surface area contributed by atoms with Gasteiger partial charge in [-0.3, -0.25) is 9.10 Å². The summed E-state index contributed by atoms with van der Waals surface area (Å²) < 4.78 is 52.9. The van der Waals surface area contributed by atoms with Crippen LogP contribution in [0, 0.1) is 11.7 Å². The van der Waals surface area contributed by atoms with Gasteiger partial charge in [0, 0.05) is 12.6 Å². The lowest BCUT2D eigenvalue weighted by Gasteiger charge is -2.30. The van der Waals surface area contributed by atoms with Gasteiger partial charge in [0.15, 0.2) is 11.5 Å². The molecule has 0 atom stereocenters. The van der Waals surface area contributed by atoms with Crippen LogP contribution < -0.4 is 19.1 Å². The van der Waals surface area contributed by atoms with Crippen LogP contribution in [0.1, 0.15) is 26.2 Å². The highest BCUT2D eigenvalue weighted by atomic mass is 32.2. The number of amides is 1. The van der Waals surface area contributed by atoms with Gasteiger partial charge < -0.3 is 19.7 Å². The van der Waals surface area contributed by atoms with E-state index in [0.717, 1.165) is 42.3 Å². The predicted molar refractivity (Wildman–Crippen MR) is 133 cm³/mol. The molecule has 0 saturated carbocycles. The second-order valence-electron chi connectivity index (χ2n) is 8.71. The minimum Gasteiger partial charge on any atom is -0.493 e. The number of nitrogens with one attached hydrogen (secondary N) is 1. The maximum Gasteiger partial charge on any atom is 0.265 e. The first kappa shape index (κ1) is 26.7. The van der Waals surface area contributed by atoms with Crippen molar-refractivity contribution in [2.24, 2.45) is 5.92 Å². The Labute approximate surface area is 207 Å². The Kier molecular flexibility index (Phi) is 9.33. The standard InChI is InChI=1S/C25H34FN3O5S/c1-19-11-15-28(16-12-19)14-6-13-27-25(30)18-29(22-8-5-4-7-21(22)26)35(31,32)20-9-10-23(33-2)24(17-20)34-3/h4-5,7-10,17,19H,6,11-16,18H2,1-3H3,(H,27,30). The van der Waals surface area contributed by atoms with Gasteiger partial charge in [0.2, 0.25) is 5.91 Å². The van der Waals surface area contributed by atoms with E-state index < -0.39 is 28.3 Å². The number of sulfonamides is 1. The quantitative estimate of drug-likeness (QED) is 0.470. The minimum atomic E-state index is -4.29. The molecule has 2 aromatic carbocycles. The number of benzene rings is 2. The largest absolute Gasteiger partial charge is 0.493 e. The zero-order valence-corrected chi connectivity index (χ0v) is 21.3. The highest BCUT2D eigenvalue weighted by molar-refractivity contribution is 7.92. The fourth-order valence-corrected chi connectivity index (χ4v) is 5.51. The topological polar surface area (TPSA) is 88.2 Å². The molecule has 1 aliphatic rings. The maximum absolute atomic E-state index is 14.7. The third-order valence-corrected chi connectivity index (χ3v) is 7.96. The van der Waals surface area contributed by atoms with Gasteiger partial charge in [-0.25, -0.2) is 12.8 Å². The molecule has 0 unspecified atom stereocenters. The first-order valence-corrected chi connectivity index (χ1v) is 13.2. The van der Waals surface area contributed by atoms with Crippen LogP contribution in [-0.2, 0) is 14.8 Å². The average molecular weight is 508 g/mol. The molecule has 1 amide bonds. The molecule has 2 aromatic rings. The monoisotopic (exact) mass is 507 g/mol. The predicted octanol–water partition coefficient (Wildman–Crippen LogP) is 3.28. The van der Waals surface area contributed by atoms with Crippen molar-refractivity contribution in [1.82, 2.24) is 10.2 Å². The van der Waals surface area contributed by atoms with Gasteiger partial charge in [-0.15, -0.1) is 0 Å². The van der Waals surface area contributed by atoms with Crippen LogP contribution in [0.2, 0.25) is 0 Å². The Morgan fingerprint density at radius 3 is 2.46 bits per heavy atom. The van der Waals surface area contributed by atoms with Crippen LogP contribution in [0.5, 0.6) is 11.5 Å². The number of rotatable bonds is 11. The third kappa shape index (κ3) is 6.85. The lowest BCUT2D eigenvalue weighted by Crippen LogP contribution is -2.42. The van der Waals surface area contributed by atoms with E-state index in [2.05, 4.69) is 17.1 Å². The number of hydrogen-bond acceptors (Lipinski definition) is 6. The smallest absolute Gasteiger partial charge is 0.265 e. The molecule has 8 nitrogen and oxygen atoms in total. The van der Waals surface area contributed by atoms with Crippen LogP contribution >= 0.6 is 0 Å². The van der Waals surface area contributed by atoms with E-state index in [0.29, 0.717) is 12.3 Å². The maximum atomic E-state index is 14.7. The van der Waals surface area contributed by atoms with Gasteiger partial charge in [0.1, 0.15) is 12.4 Å². The number of anilines is 1. The van der Waals surface area contributed by atoms with Gasteiger partial charge in [-0.2, -0.15) is 0 Å². The molecule has 3 rings (SSSR count). The number of piperidine rings is 1. The highest BCUT2D eigenvalue weighted by Gasteiger charge is 2.30. The van der Waals surface area contributed by atoms with E-state index in [1.54, 1.807) is 0 Å². The second kappa shape index (κ2) is 12.2. The van der Waals surface area contributed by atoms with Gasteiger partial charge in [-0.1, -0.05) is 19.1 Å². The van der Waals surface area contributed by atoms with Crippen LogP contribution in [0.3, 0.4) is 0 Å². The van der Waals surface area contributed by atoms with E-state index in [1.807, 2.05) is 0 Å². The number of ether oxygens (including phenoxy) is 2. The zero-order valence-electron chi connectivity index (χ0n) is 20.5. The summed E-state index contributed by atoms with van der Waals surface area (Å²) in [5.41, 5.74) is -0.208. The summed E-state index contributed by atoms with van der Waals surface area (Å²) in [6, 6.07) is 9.55. The van der Waals surface area contributed by atoms with Crippen molar-refractivity contribution in [3.05, 3.63) is 48.3 Å². The van der Waals surface area contributed by atoms with Gasteiger partial charge in [-0.05, 0) is 69.1 Å². The molecular formula is C25H34FN3O5S. The molecule has 192 valence electrons. The van der Waals surface area contributed by atoms with Gasteiger partial charge >= 0.3 is 0 Å². The number of halogens is 1. The lowest BCUT2D eigenvalue weighted by atomic mass is 9.99. The van der Waals surface area contributed by atoms with Crippen molar-refractivity contribution in [3.8, 4) is 11.5 Å². The van der Waals surface area contributed by atoms with Crippen molar-refractivity contribution in [2.45, 2.75) is 31.1 Å². The summed E-state index contributed by atoms with van der Waals surface area (Å²) in [7, 11) is -1.47. The van der Waals surface area contributed by atoms with Crippen molar-refractivity contribution >= 4 is 21.6 Å². The van der Waals surface area contributed by atoms with Crippen LogP contribution in [-0.4, -0.2) is 66.2 Å². The molecule has 1 aliphatic heterocycles. The second-order valence-corrected chi connectivity index (χ2v) is 10.6. The summed E-state index contributed by atoms with van der Waals surface area (Å²) >= 11 is 0. The Morgan fingerprint density at radius 1 is 1.11 bits per heavy atom. The SMILES string of the molecule is COc1ccc(S(=O)(=O)N(CC(=O)NCCCN2CCC(C)CC2)c2ccccc2F)cc1OC. The van der Waals surface area contributed by atoms with Gasteiger partial charge in [0.25, 0.3) is 10.0 Å². The molecule has 0 aliphatic carbocycles. The van der Waals surface area contributed by atoms with Crippen LogP contribution in [0.15, 0.2) is 47.4 Å².